The van der Waals surface area contributed by atoms with Crippen molar-refractivity contribution in [2.24, 2.45) is 0 Å². The van der Waals surface area contributed by atoms with E-state index < -0.39 is 5.97 Å². The quantitative estimate of drug-likeness (QED) is 0.303. The van der Waals surface area contributed by atoms with Crippen molar-refractivity contribution in [2.75, 3.05) is 13.2 Å². The van der Waals surface area contributed by atoms with Crippen molar-refractivity contribution in [3.05, 3.63) is 96.1 Å². The van der Waals surface area contributed by atoms with Gasteiger partial charge >= 0.3 is 5.97 Å². The topological polar surface area (TPSA) is 65.5 Å². The number of ether oxygens (including phenoxy) is 2. The molecule has 0 fully saturated rings. The molecule has 0 atom stereocenters. The van der Waals surface area contributed by atoms with Gasteiger partial charge in [0.15, 0.2) is 12.4 Å². The molecule has 0 spiro atoms. The zero-order valence-electron chi connectivity index (χ0n) is 17.1. The minimum absolute atomic E-state index is 0.251. The molecule has 0 aliphatic rings. The van der Waals surface area contributed by atoms with Crippen LogP contribution in [-0.4, -0.2) is 30.0 Å². The number of Topliss-reactive ketones (excluding diaryl/α,β-unsaturated/α-hetero) is 1. The van der Waals surface area contributed by atoms with E-state index in [1.165, 1.54) is 0 Å². The standard InChI is InChI=1S/C26H21NO4/c1-2-30-20-14-12-18(13-15-20)24-16-22(21-10-6-7-11-23(21)27-24)26(29)31-17-25(28)19-8-4-3-5-9-19/h3-16H,2,17H2,1H3. The van der Waals surface area contributed by atoms with Crippen LogP contribution in [0.25, 0.3) is 22.2 Å². The molecule has 1 aromatic heterocycles. The van der Waals surface area contributed by atoms with Gasteiger partial charge in [0.2, 0.25) is 0 Å². The Bertz CT molecular complexity index is 1220. The maximum Gasteiger partial charge on any atom is 0.339 e. The third-order valence-corrected chi connectivity index (χ3v) is 4.83. The highest BCUT2D eigenvalue weighted by molar-refractivity contribution is 6.06. The average molecular weight is 411 g/mol. The molecule has 0 aliphatic carbocycles. The van der Waals surface area contributed by atoms with E-state index in [-0.39, 0.29) is 12.4 Å². The number of pyridine rings is 1. The van der Waals surface area contributed by atoms with Crippen molar-refractivity contribution in [3.8, 4) is 17.0 Å². The largest absolute Gasteiger partial charge is 0.494 e. The van der Waals surface area contributed by atoms with Gasteiger partial charge in [-0.3, -0.25) is 4.79 Å². The van der Waals surface area contributed by atoms with Gasteiger partial charge in [-0.1, -0.05) is 48.5 Å². The summed E-state index contributed by atoms with van der Waals surface area (Å²) in [6.45, 7) is 2.20. The monoisotopic (exact) mass is 411 g/mol. The number of carbonyl (C=O) groups excluding carboxylic acids is 2. The summed E-state index contributed by atoms with van der Waals surface area (Å²) in [5, 5.41) is 0.675. The van der Waals surface area contributed by atoms with E-state index >= 15 is 0 Å². The van der Waals surface area contributed by atoms with Crippen LogP contribution in [-0.2, 0) is 4.74 Å². The van der Waals surface area contributed by atoms with Crippen molar-refractivity contribution >= 4 is 22.7 Å². The average Bonchev–Trinajstić information content (AvgIpc) is 2.83. The summed E-state index contributed by atoms with van der Waals surface area (Å²) in [6.07, 6.45) is 0. The van der Waals surface area contributed by atoms with E-state index in [4.69, 9.17) is 14.5 Å². The molecule has 0 unspecified atom stereocenters. The molecule has 5 heteroatoms. The first-order valence-electron chi connectivity index (χ1n) is 10.0. The molecule has 154 valence electrons. The van der Waals surface area contributed by atoms with Crippen LogP contribution in [0.15, 0.2) is 84.9 Å². The first-order valence-corrected chi connectivity index (χ1v) is 10.0. The number of carbonyl (C=O) groups is 2. The molecule has 0 radical (unpaired) electrons. The minimum atomic E-state index is -0.560. The summed E-state index contributed by atoms with van der Waals surface area (Å²) < 4.78 is 10.9. The molecule has 31 heavy (non-hydrogen) atoms. The molecule has 0 bridgehead atoms. The third-order valence-electron chi connectivity index (χ3n) is 4.83. The summed E-state index contributed by atoms with van der Waals surface area (Å²) in [5.41, 5.74) is 3.04. The predicted molar refractivity (Wildman–Crippen MR) is 119 cm³/mol. The smallest absolute Gasteiger partial charge is 0.339 e. The van der Waals surface area contributed by atoms with Crippen molar-refractivity contribution < 1.29 is 19.1 Å². The number of hydrogen-bond donors (Lipinski definition) is 0. The van der Waals surface area contributed by atoms with Gasteiger partial charge in [0.25, 0.3) is 0 Å². The van der Waals surface area contributed by atoms with E-state index in [1.807, 2.05) is 61.5 Å². The maximum atomic E-state index is 12.9. The Labute approximate surface area is 180 Å². The van der Waals surface area contributed by atoms with E-state index in [0.717, 1.165) is 11.3 Å². The zero-order valence-corrected chi connectivity index (χ0v) is 17.1. The number of nitrogens with zero attached hydrogens (tertiary/aromatic N) is 1. The van der Waals surface area contributed by atoms with Crippen LogP contribution < -0.4 is 4.74 Å². The number of rotatable bonds is 7. The third kappa shape index (κ3) is 4.61. The Balaban J connectivity index is 1.63. The van der Waals surface area contributed by atoms with Gasteiger partial charge < -0.3 is 9.47 Å². The molecule has 4 rings (SSSR count). The fraction of sp³-hybridized carbons (Fsp3) is 0.115. The fourth-order valence-corrected chi connectivity index (χ4v) is 3.30. The highest BCUT2D eigenvalue weighted by Crippen LogP contribution is 2.27. The van der Waals surface area contributed by atoms with E-state index in [1.54, 1.807) is 30.3 Å². The number of ketones is 1. The lowest BCUT2D eigenvalue weighted by Crippen LogP contribution is -2.14. The van der Waals surface area contributed by atoms with Gasteiger partial charge in [-0.15, -0.1) is 0 Å². The Morgan fingerprint density at radius 2 is 1.58 bits per heavy atom. The first-order chi connectivity index (χ1) is 15.2. The molecular formula is C26H21NO4. The maximum absolute atomic E-state index is 12.9. The minimum Gasteiger partial charge on any atom is -0.494 e. The van der Waals surface area contributed by atoms with Crippen LogP contribution in [0, 0.1) is 0 Å². The van der Waals surface area contributed by atoms with E-state index in [2.05, 4.69) is 0 Å². The number of fused-ring (bicyclic) bond motifs is 1. The van der Waals surface area contributed by atoms with Crippen LogP contribution in [0.4, 0.5) is 0 Å². The lowest BCUT2D eigenvalue weighted by Gasteiger charge is -2.10. The van der Waals surface area contributed by atoms with E-state index in [0.29, 0.717) is 34.3 Å². The van der Waals surface area contributed by atoms with E-state index in [9.17, 15) is 9.59 Å². The van der Waals surface area contributed by atoms with Crippen molar-refractivity contribution in [2.45, 2.75) is 6.92 Å². The second-order valence-corrected chi connectivity index (χ2v) is 6.89. The van der Waals surface area contributed by atoms with Crippen LogP contribution >= 0.6 is 0 Å². The Morgan fingerprint density at radius 3 is 2.32 bits per heavy atom. The Hall–Kier alpha value is -3.99. The molecule has 1 heterocycles. The summed E-state index contributed by atoms with van der Waals surface area (Å²) in [6, 6.07) is 25.4. The second kappa shape index (κ2) is 9.22. The van der Waals surface area contributed by atoms with Gasteiger partial charge in [-0.2, -0.15) is 0 Å². The first kappa shape index (κ1) is 20.3. The normalized spacial score (nSPS) is 10.6. The fourth-order valence-electron chi connectivity index (χ4n) is 3.30. The number of esters is 1. The van der Waals surface area contributed by atoms with Gasteiger partial charge in [0.05, 0.1) is 23.4 Å². The molecule has 0 N–H and O–H groups in total. The van der Waals surface area contributed by atoms with Crippen LogP contribution in [0.2, 0.25) is 0 Å². The lowest BCUT2D eigenvalue weighted by atomic mass is 10.0. The van der Waals surface area contributed by atoms with Gasteiger partial charge in [0, 0.05) is 16.5 Å². The Kier molecular flexibility index (Phi) is 6.03. The van der Waals surface area contributed by atoms with Gasteiger partial charge in [-0.25, -0.2) is 9.78 Å². The number of aromatic nitrogens is 1. The molecule has 3 aromatic carbocycles. The number of para-hydroxylation sites is 1. The summed E-state index contributed by atoms with van der Waals surface area (Å²) >= 11 is 0. The van der Waals surface area contributed by atoms with Crippen molar-refractivity contribution in [1.82, 2.24) is 4.98 Å². The number of benzene rings is 3. The summed E-state index contributed by atoms with van der Waals surface area (Å²) in [7, 11) is 0. The second-order valence-electron chi connectivity index (χ2n) is 6.89. The number of hydrogen-bond acceptors (Lipinski definition) is 5. The van der Waals surface area contributed by atoms with Crippen molar-refractivity contribution in [3.63, 3.8) is 0 Å². The highest BCUT2D eigenvalue weighted by atomic mass is 16.5. The molecule has 4 aromatic rings. The van der Waals surface area contributed by atoms with Crippen LogP contribution in [0.1, 0.15) is 27.6 Å². The molecule has 5 nitrogen and oxygen atoms in total. The SMILES string of the molecule is CCOc1ccc(-c2cc(C(=O)OCC(=O)c3ccccc3)c3ccccc3n2)cc1. The van der Waals surface area contributed by atoms with Crippen LogP contribution in [0.5, 0.6) is 5.75 Å². The molecule has 0 aliphatic heterocycles. The zero-order chi connectivity index (χ0) is 21.6. The highest BCUT2D eigenvalue weighted by Gasteiger charge is 2.17. The summed E-state index contributed by atoms with van der Waals surface area (Å²) in [4.78, 5) is 29.9. The molecule has 0 saturated heterocycles. The van der Waals surface area contributed by atoms with Gasteiger partial charge in [-0.05, 0) is 43.3 Å². The predicted octanol–water partition coefficient (Wildman–Crippen LogP) is 5.34. The lowest BCUT2D eigenvalue weighted by molar-refractivity contribution is 0.0476. The van der Waals surface area contributed by atoms with Crippen LogP contribution in [0.3, 0.4) is 0 Å². The van der Waals surface area contributed by atoms with Crippen molar-refractivity contribution in [1.29, 1.82) is 0 Å². The Morgan fingerprint density at radius 1 is 0.871 bits per heavy atom. The summed E-state index contributed by atoms with van der Waals surface area (Å²) in [5.74, 6) is -0.0415. The molecule has 0 amide bonds. The molecular weight excluding hydrogens is 390 g/mol. The van der Waals surface area contributed by atoms with Gasteiger partial charge in [0.1, 0.15) is 5.75 Å². The molecule has 0 saturated carbocycles.